The van der Waals surface area contributed by atoms with Gasteiger partial charge in [0.1, 0.15) is 16.2 Å². The fraction of sp³-hybridized carbons (Fsp3) is 0.353. The van der Waals surface area contributed by atoms with Crippen molar-refractivity contribution in [3.05, 3.63) is 41.2 Å². The van der Waals surface area contributed by atoms with E-state index in [9.17, 15) is 4.21 Å². The standard InChI is InChI=1S/C17H18ClN5O3S.Na.H/c1-25-13-5-4-12-15(21-13)22-17(20-12)27(24)16(23-7-9-26-10-8-23)14-11(18)3-2-6-19-14;;/h2-6,16H,7-10H2,1H3,(H,20,21,22);;/q;+1;-1. The molecule has 4 heterocycles. The van der Waals surface area contributed by atoms with Crippen molar-refractivity contribution in [2.45, 2.75) is 10.5 Å². The largest absolute Gasteiger partial charge is 1.00 e. The Bertz CT molecular complexity index is 989. The number of nitrogens with one attached hydrogen (secondary N) is 1. The molecule has 1 saturated heterocycles. The zero-order chi connectivity index (χ0) is 18.8. The summed E-state index contributed by atoms with van der Waals surface area (Å²) in [6, 6.07) is 7.02. The number of hydrogen-bond donors (Lipinski definition) is 1. The van der Waals surface area contributed by atoms with Gasteiger partial charge in [0.15, 0.2) is 5.65 Å². The Morgan fingerprint density at radius 1 is 1.32 bits per heavy atom. The van der Waals surface area contributed by atoms with E-state index in [1.165, 1.54) is 7.11 Å². The van der Waals surface area contributed by atoms with Crippen LogP contribution in [0.15, 0.2) is 35.6 Å². The number of H-pyrrole nitrogens is 1. The summed E-state index contributed by atoms with van der Waals surface area (Å²) in [6.45, 7) is 2.40. The van der Waals surface area contributed by atoms with Gasteiger partial charge < -0.3 is 15.9 Å². The van der Waals surface area contributed by atoms with Crippen LogP contribution in [0.5, 0.6) is 5.88 Å². The molecule has 0 radical (unpaired) electrons. The van der Waals surface area contributed by atoms with E-state index in [1.807, 2.05) is 0 Å². The van der Waals surface area contributed by atoms with Gasteiger partial charge in [-0.2, -0.15) is 4.98 Å². The number of pyridine rings is 2. The number of ether oxygens (including phenoxy) is 2. The van der Waals surface area contributed by atoms with Gasteiger partial charge in [-0.3, -0.25) is 9.88 Å². The van der Waals surface area contributed by atoms with Crippen molar-refractivity contribution in [3.8, 4) is 5.88 Å². The molecule has 1 aliphatic heterocycles. The van der Waals surface area contributed by atoms with Crippen LogP contribution in [0.3, 0.4) is 0 Å². The molecule has 0 amide bonds. The van der Waals surface area contributed by atoms with Crippen LogP contribution in [-0.2, 0) is 15.5 Å². The van der Waals surface area contributed by atoms with E-state index in [-0.39, 0.29) is 31.0 Å². The Hall–Kier alpha value is -1.07. The SMILES string of the molecule is COc1ccc2[nH]c(S(=O)C(c3ncccc3Cl)N3CCOCC3)nc2n1.[H-].[Na+]. The van der Waals surface area contributed by atoms with Crippen molar-refractivity contribution >= 4 is 33.6 Å². The van der Waals surface area contributed by atoms with Crippen LogP contribution in [0.25, 0.3) is 11.2 Å². The minimum absolute atomic E-state index is 0. The first-order chi connectivity index (χ1) is 13.2. The van der Waals surface area contributed by atoms with E-state index in [2.05, 4.69) is 24.8 Å². The normalized spacial score (nSPS) is 17.1. The average Bonchev–Trinajstić information content (AvgIpc) is 3.13. The van der Waals surface area contributed by atoms with Crippen molar-refractivity contribution in [1.82, 2.24) is 24.8 Å². The second-order valence-corrected chi connectivity index (χ2v) is 7.77. The Balaban J connectivity index is 0.00000150. The van der Waals surface area contributed by atoms with Gasteiger partial charge in [0.05, 0.1) is 36.6 Å². The van der Waals surface area contributed by atoms with Gasteiger partial charge in [0.25, 0.3) is 0 Å². The fourth-order valence-corrected chi connectivity index (χ4v) is 4.73. The summed E-state index contributed by atoms with van der Waals surface area (Å²) in [5.74, 6) is 0.448. The number of nitrogens with zero attached hydrogens (tertiary/aromatic N) is 4. The molecule has 0 aromatic carbocycles. The van der Waals surface area contributed by atoms with Crippen LogP contribution in [0.4, 0.5) is 0 Å². The Morgan fingerprint density at radius 3 is 2.82 bits per heavy atom. The minimum Gasteiger partial charge on any atom is -1.00 e. The van der Waals surface area contributed by atoms with E-state index in [0.717, 1.165) is 0 Å². The third-order valence-electron chi connectivity index (χ3n) is 4.30. The molecule has 4 rings (SSSR count). The van der Waals surface area contributed by atoms with E-state index >= 15 is 0 Å². The smallest absolute Gasteiger partial charge is 1.00 e. The molecule has 0 saturated carbocycles. The maximum absolute atomic E-state index is 13.5. The number of aromatic nitrogens is 4. The predicted molar refractivity (Wildman–Crippen MR) is 102 cm³/mol. The first-order valence-corrected chi connectivity index (χ1v) is 10.00. The van der Waals surface area contributed by atoms with E-state index in [0.29, 0.717) is 59.2 Å². The zero-order valence-electron chi connectivity index (χ0n) is 16.6. The number of aromatic amines is 1. The van der Waals surface area contributed by atoms with Crippen LogP contribution in [0, 0.1) is 0 Å². The van der Waals surface area contributed by atoms with Gasteiger partial charge >= 0.3 is 29.6 Å². The van der Waals surface area contributed by atoms with Crippen molar-refractivity contribution in [1.29, 1.82) is 0 Å². The molecule has 3 aromatic rings. The van der Waals surface area contributed by atoms with Gasteiger partial charge in [0.2, 0.25) is 11.0 Å². The van der Waals surface area contributed by atoms with E-state index in [1.54, 1.807) is 30.5 Å². The molecule has 0 bridgehead atoms. The van der Waals surface area contributed by atoms with Crippen LogP contribution < -0.4 is 34.3 Å². The van der Waals surface area contributed by atoms with Crippen molar-refractivity contribution in [2.24, 2.45) is 0 Å². The van der Waals surface area contributed by atoms with Crippen LogP contribution in [-0.4, -0.2) is 62.5 Å². The summed E-state index contributed by atoms with van der Waals surface area (Å²) >= 11 is 6.37. The van der Waals surface area contributed by atoms with Crippen molar-refractivity contribution < 1.29 is 44.7 Å². The number of hydrogen-bond acceptors (Lipinski definition) is 7. The van der Waals surface area contributed by atoms with Crippen LogP contribution in [0.2, 0.25) is 5.02 Å². The molecule has 1 aliphatic rings. The number of rotatable bonds is 5. The molecule has 3 aromatic heterocycles. The van der Waals surface area contributed by atoms with Gasteiger partial charge in [-0.15, -0.1) is 0 Å². The number of morpholine rings is 1. The van der Waals surface area contributed by atoms with Gasteiger partial charge in [-0.1, -0.05) is 11.6 Å². The van der Waals surface area contributed by atoms with Gasteiger partial charge in [-0.25, -0.2) is 9.19 Å². The quantitative estimate of drug-likeness (QED) is 0.532. The van der Waals surface area contributed by atoms with Crippen molar-refractivity contribution in [2.75, 3.05) is 33.4 Å². The topological polar surface area (TPSA) is 93.2 Å². The number of halogens is 1. The molecule has 1 fully saturated rings. The molecular formula is C17H19ClN5NaO3S. The number of fused-ring (bicyclic) bond motifs is 1. The number of methoxy groups -OCH3 is 1. The summed E-state index contributed by atoms with van der Waals surface area (Å²) in [5.41, 5.74) is 1.70. The summed E-state index contributed by atoms with van der Waals surface area (Å²) in [5, 5.41) is 0.257. The van der Waals surface area contributed by atoms with Gasteiger partial charge in [0, 0.05) is 25.4 Å². The molecule has 0 spiro atoms. The van der Waals surface area contributed by atoms with E-state index < -0.39 is 16.2 Å². The molecule has 144 valence electrons. The maximum atomic E-state index is 13.5. The van der Waals surface area contributed by atoms with Gasteiger partial charge in [-0.05, 0) is 18.2 Å². The number of imidazole rings is 1. The zero-order valence-corrected chi connectivity index (χ0v) is 19.2. The first-order valence-electron chi connectivity index (χ1n) is 8.41. The summed E-state index contributed by atoms with van der Waals surface area (Å²) in [6.07, 6.45) is 1.65. The minimum atomic E-state index is -1.55. The second kappa shape index (κ2) is 9.62. The molecule has 28 heavy (non-hydrogen) atoms. The third kappa shape index (κ3) is 4.40. The molecule has 0 aliphatic carbocycles. The fourth-order valence-electron chi connectivity index (χ4n) is 2.97. The third-order valence-corrected chi connectivity index (χ3v) is 6.12. The Kier molecular flexibility index (Phi) is 7.43. The second-order valence-electron chi connectivity index (χ2n) is 5.94. The molecule has 1 N–H and O–H groups in total. The van der Waals surface area contributed by atoms with Crippen LogP contribution >= 0.6 is 11.6 Å². The average molecular weight is 432 g/mol. The first kappa shape index (κ1) is 21.6. The predicted octanol–water partition coefficient (Wildman–Crippen LogP) is -0.730. The summed E-state index contributed by atoms with van der Waals surface area (Å²) < 4.78 is 24.1. The summed E-state index contributed by atoms with van der Waals surface area (Å²) in [4.78, 5) is 18.3. The monoisotopic (exact) mass is 431 g/mol. The molecule has 2 atom stereocenters. The Morgan fingerprint density at radius 2 is 2.11 bits per heavy atom. The molecule has 11 heteroatoms. The maximum Gasteiger partial charge on any atom is 1.00 e. The van der Waals surface area contributed by atoms with Crippen molar-refractivity contribution in [3.63, 3.8) is 0 Å². The molecule has 8 nitrogen and oxygen atoms in total. The van der Waals surface area contributed by atoms with Crippen LogP contribution in [0.1, 0.15) is 12.5 Å². The molecule has 2 unspecified atom stereocenters. The Labute approximate surface area is 193 Å². The summed E-state index contributed by atoms with van der Waals surface area (Å²) in [7, 11) is -0.00617. The molecular weight excluding hydrogens is 413 g/mol. The van der Waals surface area contributed by atoms with E-state index in [4.69, 9.17) is 21.1 Å².